The van der Waals surface area contributed by atoms with Gasteiger partial charge in [-0.2, -0.15) is 17.7 Å². The second-order valence-electron chi connectivity index (χ2n) is 4.04. The van der Waals surface area contributed by atoms with Crippen LogP contribution in [0, 0.1) is 12.3 Å². The van der Waals surface area contributed by atoms with Gasteiger partial charge in [-0.25, -0.2) is 0 Å². The number of nitrogens with zero attached hydrogens (tertiary/aromatic N) is 2. The van der Waals surface area contributed by atoms with Crippen molar-refractivity contribution in [2.45, 2.75) is 27.3 Å². The van der Waals surface area contributed by atoms with Crippen LogP contribution in [0.1, 0.15) is 19.4 Å². The number of rotatable bonds is 3. The number of hydrogen-bond acceptors (Lipinski definition) is 2. The smallest absolute Gasteiger partial charge is 0.0518 e. The van der Waals surface area contributed by atoms with Gasteiger partial charge in [-0.05, 0) is 23.7 Å². The van der Waals surface area contributed by atoms with E-state index >= 15 is 0 Å². The minimum Gasteiger partial charge on any atom is -0.272 e. The van der Waals surface area contributed by atoms with E-state index in [1.165, 1.54) is 5.56 Å². The van der Waals surface area contributed by atoms with Crippen LogP contribution in [0.15, 0.2) is 12.4 Å². The summed E-state index contributed by atoms with van der Waals surface area (Å²) in [5.41, 5.74) is 1.44. The van der Waals surface area contributed by atoms with Gasteiger partial charge in [0, 0.05) is 12.7 Å². The van der Waals surface area contributed by atoms with Gasteiger partial charge < -0.3 is 0 Å². The molecule has 0 aliphatic heterocycles. The van der Waals surface area contributed by atoms with Crippen LogP contribution in [-0.4, -0.2) is 15.5 Å². The molecule has 1 aromatic heterocycles. The molecule has 0 spiro atoms. The third kappa shape index (κ3) is 2.55. The molecule has 1 rings (SSSR count). The lowest BCUT2D eigenvalue weighted by atomic mass is 9.97. The highest BCUT2D eigenvalue weighted by atomic mass is 32.1. The van der Waals surface area contributed by atoms with Gasteiger partial charge in [0.2, 0.25) is 0 Å². The van der Waals surface area contributed by atoms with Gasteiger partial charge in [-0.3, -0.25) is 4.68 Å². The van der Waals surface area contributed by atoms with Crippen molar-refractivity contribution in [2.75, 3.05) is 5.75 Å². The predicted molar refractivity (Wildman–Crippen MR) is 54.6 cm³/mol. The zero-order valence-corrected chi connectivity index (χ0v) is 8.80. The van der Waals surface area contributed by atoms with Crippen LogP contribution in [0.25, 0.3) is 0 Å². The summed E-state index contributed by atoms with van der Waals surface area (Å²) in [6.45, 7) is 7.37. The maximum atomic E-state index is 4.30. The Morgan fingerprint density at radius 2 is 2.25 bits per heavy atom. The molecule has 2 nitrogen and oxygen atoms in total. The minimum absolute atomic E-state index is 0.224. The molecule has 0 amide bonds. The molecule has 0 fully saturated rings. The molecule has 0 unspecified atom stereocenters. The standard InChI is InChI=1S/C9H16N2S/c1-8-4-10-11(5-8)6-9(2,3)7-12/h4-5,12H,6-7H2,1-3H3. The number of thiol groups is 1. The van der Waals surface area contributed by atoms with Crippen LogP contribution >= 0.6 is 12.6 Å². The van der Waals surface area contributed by atoms with Crippen molar-refractivity contribution in [3.8, 4) is 0 Å². The Bertz CT molecular complexity index is 253. The summed E-state index contributed by atoms with van der Waals surface area (Å²) in [4.78, 5) is 0. The van der Waals surface area contributed by atoms with E-state index in [0.29, 0.717) is 0 Å². The van der Waals surface area contributed by atoms with Gasteiger partial charge in [-0.1, -0.05) is 13.8 Å². The summed E-state index contributed by atoms with van der Waals surface area (Å²) in [6, 6.07) is 0. The number of aromatic nitrogens is 2. The zero-order valence-electron chi connectivity index (χ0n) is 7.91. The molecule has 0 bridgehead atoms. The van der Waals surface area contributed by atoms with E-state index in [9.17, 15) is 0 Å². The molecule has 68 valence electrons. The van der Waals surface area contributed by atoms with Crippen molar-refractivity contribution in [1.29, 1.82) is 0 Å². The third-order valence-electron chi connectivity index (χ3n) is 1.78. The molecular formula is C9H16N2S. The molecule has 0 aliphatic carbocycles. The van der Waals surface area contributed by atoms with Crippen molar-refractivity contribution in [3.63, 3.8) is 0 Å². The van der Waals surface area contributed by atoms with Crippen LogP contribution in [-0.2, 0) is 6.54 Å². The van der Waals surface area contributed by atoms with Gasteiger partial charge in [-0.15, -0.1) is 0 Å². The highest BCUT2D eigenvalue weighted by Gasteiger charge is 2.16. The molecule has 1 heterocycles. The molecule has 0 N–H and O–H groups in total. The molecule has 0 radical (unpaired) electrons. The molecular weight excluding hydrogens is 168 g/mol. The molecule has 0 saturated carbocycles. The largest absolute Gasteiger partial charge is 0.272 e. The summed E-state index contributed by atoms with van der Waals surface area (Å²) in [5.74, 6) is 0.881. The van der Waals surface area contributed by atoms with Crippen LogP contribution in [0.2, 0.25) is 0 Å². The first-order chi connectivity index (χ1) is 5.53. The average molecular weight is 184 g/mol. The van der Waals surface area contributed by atoms with E-state index in [1.807, 2.05) is 10.9 Å². The van der Waals surface area contributed by atoms with Gasteiger partial charge in [0.25, 0.3) is 0 Å². The Morgan fingerprint density at radius 3 is 2.67 bits per heavy atom. The van der Waals surface area contributed by atoms with Gasteiger partial charge in [0.15, 0.2) is 0 Å². The normalized spacial score (nSPS) is 12.0. The summed E-state index contributed by atoms with van der Waals surface area (Å²) in [7, 11) is 0. The van der Waals surface area contributed by atoms with Gasteiger partial charge in [0.05, 0.1) is 6.20 Å². The molecule has 3 heteroatoms. The van der Waals surface area contributed by atoms with E-state index in [2.05, 4.69) is 44.7 Å². The van der Waals surface area contributed by atoms with E-state index in [0.717, 1.165) is 12.3 Å². The first kappa shape index (κ1) is 9.65. The van der Waals surface area contributed by atoms with Crippen molar-refractivity contribution < 1.29 is 0 Å². The Morgan fingerprint density at radius 1 is 1.58 bits per heavy atom. The SMILES string of the molecule is Cc1cnn(CC(C)(C)CS)c1. The Hall–Kier alpha value is -0.440. The Labute approximate surface area is 79.4 Å². The Kier molecular flexibility index (Phi) is 2.83. The van der Waals surface area contributed by atoms with Crippen molar-refractivity contribution in [3.05, 3.63) is 18.0 Å². The molecule has 0 atom stereocenters. The summed E-state index contributed by atoms with van der Waals surface area (Å²) in [6.07, 6.45) is 3.94. The monoisotopic (exact) mass is 184 g/mol. The fraction of sp³-hybridized carbons (Fsp3) is 0.667. The molecule has 0 saturated heterocycles. The lowest BCUT2D eigenvalue weighted by Crippen LogP contribution is -2.21. The maximum Gasteiger partial charge on any atom is 0.0518 e. The Balaban J connectivity index is 2.63. The van der Waals surface area contributed by atoms with Crippen molar-refractivity contribution >= 4 is 12.6 Å². The van der Waals surface area contributed by atoms with E-state index < -0.39 is 0 Å². The van der Waals surface area contributed by atoms with E-state index in [4.69, 9.17) is 0 Å². The molecule has 0 aromatic carbocycles. The van der Waals surface area contributed by atoms with E-state index in [1.54, 1.807) is 0 Å². The second-order valence-corrected chi connectivity index (χ2v) is 4.35. The number of hydrogen-bond donors (Lipinski definition) is 1. The topological polar surface area (TPSA) is 17.8 Å². The van der Waals surface area contributed by atoms with Crippen LogP contribution in [0.5, 0.6) is 0 Å². The van der Waals surface area contributed by atoms with Crippen molar-refractivity contribution in [1.82, 2.24) is 9.78 Å². The third-order valence-corrected chi connectivity index (χ3v) is 2.64. The highest BCUT2D eigenvalue weighted by molar-refractivity contribution is 7.80. The van der Waals surface area contributed by atoms with Gasteiger partial charge in [0.1, 0.15) is 0 Å². The lowest BCUT2D eigenvalue weighted by molar-refractivity contribution is 0.334. The summed E-state index contributed by atoms with van der Waals surface area (Å²) >= 11 is 4.30. The first-order valence-electron chi connectivity index (χ1n) is 4.13. The van der Waals surface area contributed by atoms with Crippen molar-refractivity contribution in [2.24, 2.45) is 5.41 Å². The average Bonchev–Trinajstić information content (AvgIpc) is 2.35. The van der Waals surface area contributed by atoms with Crippen LogP contribution in [0.3, 0.4) is 0 Å². The zero-order chi connectivity index (χ0) is 9.19. The second kappa shape index (κ2) is 3.52. The quantitative estimate of drug-likeness (QED) is 0.713. The fourth-order valence-corrected chi connectivity index (χ4v) is 1.14. The summed E-state index contributed by atoms with van der Waals surface area (Å²) in [5, 5.41) is 4.23. The predicted octanol–water partition coefficient (Wildman–Crippen LogP) is 2.15. The lowest BCUT2D eigenvalue weighted by Gasteiger charge is -2.21. The fourth-order valence-electron chi connectivity index (χ4n) is 1.04. The van der Waals surface area contributed by atoms with Crippen LogP contribution < -0.4 is 0 Å². The molecule has 0 aliphatic rings. The summed E-state index contributed by atoms with van der Waals surface area (Å²) < 4.78 is 1.98. The number of aryl methyl sites for hydroxylation is 1. The first-order valence-corrected chi connectivity index (χ1v) is 4.77. The highest BCUT2D eigenvalue weighted by Crippen LogP contribution is 2.18. The molecule has 12 heavy (non-hydrogen) atoms. The van der Waals surface area contributed by atoms with E-state index in [-0.39, 0.29) is 5.41 Å². The van der Waals surface area contributed by atoms with Gasteiger partial charge >= 0.3 is 0 Å². The minimum atomic E-state index is 0.224. The van der Waals surface area contributed by atoms with Crippen LogP contribution in [0.4, 0.5) is 0 Å². The maximum absolute atomic E-state index is 4.30. The molecule has 1 aromatic rings.